The Morgan fingerprint density at radius 1 is 1.40 bits per heavy atom. The van der Waals surface area contributed by atoms with E-state index in [-0.39, 0.29) is 18.2 Å². The van der Waals surface area contributed by atoms with Crippen molar-refractivity contribution in [1.82, 2.24) is 10.2 Å². The van der Waals surface area contributed by atoms with E-state index < -0.39 is 5.60 Å². The van der Waals surface area contributed by atoms with Crippen LogP contribution in [0.15, 0.2) is 0 Å². The molecule has 1 aliphatic heterocycles. The Balaban J connectivity index is 2.52. The number of nitrogens with zero attached hydrogens (tertiary/aromatic N) is 1. The molecule has 5 nitrogen and oxygen atoms in total. The fraction of sp³-hybridized carbons (Fsp3) is 0.933. The molecule has 5 heteroatoms. The predicted molar refractivity (Wildman–Crippen MR) is 79.8 cm³/mol. The summed E-state index contributed by atoms with van der Waals surface area (Å²) in [5.74, 6) is 0.628. The van der Waals surface area contributed by atoms with Crippen LogP contribution >= 0.6 is 0 Å². The van der Waals surface area contributed by atoms with Gasteiger partial charge in [-0.15, -0.1) is 0 Å². The van der Waals surface area contributed by atoms with Gasteiger partial charge in [-0.05, 0) is 33.2 Å². The number of carbonyl (C=O) groups is 1. The number of ether oxygens (including phenoxy) is 2. The molecule has 0 bridgehead atoms. The second kappa shape index (κ2) is 7.27. The number of hydrogen-bond acceptors (Lipinski definition) is 4. The van der Waals surface area contributed by atoms with E-state index in [1.165, 1.54) is 0 Å². The van der Waals surface area contributed by atoms with Crippen LogP contribution in [0.25, 0.3) is 0 Å². The molecule has 1 heterocycles. The fourth-order valence-corrected chi connectivity index (χ4v) is 2.18. The van der Waals surface area contributed by atoms with E-state index in [1.54, 1.807) is 12.0 Å². The Bertz CT molecular complexity index is 315. The first-order valence-electron chi connectivity index (χ1n) is 7.51. The van der Waals surface area contributed by atoms with Crippen molar-refractivity contribution in [3.63, 3.8) is 0 Å². The van der Waals surface area contributed by atoms with E-state index >= 15 is 0 Å². The molecule has 0 aromatic heterocycles. The highest BCUT2D eigenvalue weighted by molar-refractivity contribution is 5.68. The molecule has 20 heavy (non-hydrogen) atoms. The first-order valence-corrected chi connectivity index (χ1v) is 7.51. The number of hydrogen-bond donors (Lipinski definition) is 1. The zero-order valence-corrected chi connectivity index (χ0v) is 13.7. The molecule has 1 N–H and O–H groups in total. The minimum absolute atomic E-state index is 0.0339. The molecular weight excluding hydrogens is 256 g/mol. The Kier molecular flexibility index (Phi) is 6.27. The topological polar surface area (TPSA) is 50.8 Å². The summed E-state index contributed by atoms with van der Waals surface area (Å²) in [5.41, 5.74) is -0.456. The first kappa shape index (κ1) is 17.2. The van der Waals surface area contributed by atoms with Crippen molar-refractivity contribution < 1.29 is 14.3 Å². The zero-order valence-electron chi connectivity index (χ0n) is 13.7. The van der Waals surface area contributed by atoms with Gasteiger partial charge in [-0.2, -0.15) is 0 Å². The van der Waals surface area contributed by atoms with Crippen LogP contribution in [0.3, 0.4) is 0 Å². The summed E-state index contributed by atoms with van der Waals surface area (Å²) >= 11 is 0. The van der Waals surface area contributed by atoms with E-state index in [1.807, 2.05) is 20.8 Å². The predicted octanol–water partition coefficient (Wildman–Crippen LogP) is 2.26. The average Bonchev–Trinajstić information content (AvgIpc) is 2.77. The van der Waals surface area contributed by atoms with Gasteiger partial charge in [0.05, 0.1) is 18.7 Å². The minimum atomic E-state index is -0.456. The number of rotatable bonds is 5. The minimum Gasteiger partial charge on any atom is -0.444 e. The molecule has 0 radical (unpaired) electrons. The lowest BCUT2D eigenvalue weighted by Gasteiger charge is -2.24. The van der Waals surface area contributed by atoms with Gasteiger partial charge in [-0.25, -0.2) is 4.79 Å². The van der Waals surface area contributed by atoms with Crippen molar-refractivity contribution in [2.24, 2.45) is 5.92 Å². The second-order valence-corrected chi connectivity index (χ2v) is 6.69. The molecule has 2 unspecified atom stereocenters. The van der Waals surface area contributed by atoms with Crippen LogP contribution in [0.2, 0.25) is 0 Å². The van der Waals surface area contributed by atoms with Crippen LogP contribution in [-0.4, -0.2) is 55.5 Å². The summed E-state index contributed by atoms with van der Waals surface area (Å²) in [6.45, 7) is 12.2. The number of likely N-dealkylation sites (tertiary alicyclic amines) is 1. The summed E-state index contributed by atoms with van der Waals surface area (Å²) in [5, 5.41) is 3.51. The van der Waals surface area contributed by atoms with Crippen LogP contribution in [0, 0.1) is 5.92 Å². The Morgan fingerprint density at radius 3 is 2.55 bits per heavy atom. The lowest BCUT2D eigenvalue weighted by molar-refractivity contribution is 0.0252. The van der Waals surface area contributed by atoms with E-state index in [9.17, 15) is 4.79 Å². The standard InChI is InChI=1S/C15H30N2O3/c1-7-11(2)8-16-12-9-17(10-13(12)19-6)14(18)20-15(3,4)5/h11-13,16H,7-10H2,1-6H3/t11?,12?,13-/m0/s1. The maximum absolute atomic E-state index is 12.1. The smallest absolute Gasteiger partial charge is 0.410 e. The molecule has 1 rings (SSSR count). The third-order valence-electron chi connectivity index (χ3n) is 3.65. The lowest BCUT2D eigenvalue weighted by Crippen LogP contribution is -2.42. The number of carbonyl (C=O) groups excluding carboxylic acids is 1. The monoisotopic (exact) mass is 286 g/mol. The number of amides is 1. The third-order valence-corrected chi connectivity index (χ3v) is 3.65. The molecule has 1 aliphatic rings. The van der Waals surface area contributed by atoms with Crippen molar-refractivity contribution in [2.75, 3.05) is 26.7 Å². The van der Waals surface area contributed by atoms with E-state index in [4.69, 9.17) is 9.47 Å². The lowest BCUT2D eigenvalue weighted by atomic mass is 10.1. The van der Waals surface area contributed by atoms with Crippen LogP contribution in [-0.2, 0) is 9.47 Å². The van der Waals surface area contributed by atoms with Gasteiger partial charge >= 0.3 is 6.09 Å². The molecule has 0 aromatic carbocycles. The molecule has 1 fully saturated rings. The van der Waals surface area contributed by atoms with Gasteiger partial charge in [0.1, 0.15) is 5.60 Å². The Hall–Kier alpha value is -0.810. The van der Waals surface area contributed by atoms with E-state index in [0.29, 0.717) is 19.0 Å². The molecule has 118 valence electrons. The highest BCUT2D eigenvalue weighted by Gasteiger charge is 2.37. The van der Waals surface area contributed by atoms with Gasteiger partial charge in [0.15, 0.2) is 0 Å². The zero-order chi connectivity index (χ0) is 15.3. The largest absolute Gasteiger partial charge is 0.444 e. The fourth-order valence-electron chi connectivity index (χ4n) is 2.18. The quantitative estimate of drug-likeness (QED) is 0.842. The summed E-state index contributed by atoms with van der Waals surface area (Å²) < 4.78 is 10.9. The van der Waals surface area contributed by atoms with Crippen LogP contribution in [0.1, 0.15) is 41.0 Å². The van der Waals surface area contributed by atoms with Gasteiger partial charge in [0.2, 0.25) is 0 Å². The maximum Gasteiger partial charge on any atom is 0.410 e. The van der Waals surface area contributed by atoms with Gasteiger partial charge in [-0.3, -0.25) is 0 Å². The molecule has 3 atom stereocenters. The van der Waals surface area contributed by atoms with Crippen molar-refractivity contribution in [1.29, 1.82) is 0 Å². The Labute approximate surface area is 123 Å². The second-order valence-electron chi connectivity index (χ2n) is 6.69. The summed E-state index contributed by atoms with van der Waals surface area (Å²) in [6.07, 6.45) is 0.923. The highest BCUT2D eigenvalue weighted by Crippen LogP contribution is 2.17. The number of methoxy groups -OCH3 is 1. The van der Waals surface area contributed by atoms with Gasteiger partial charge in [0.25, 0.3) is 0 Å². The molecule has 0 aromatic rings. The van der Waals surface area contributed by atoms with Gasteiger partial charge in [-0.1, -0.05) is 20.3 Å². The van der Waals surface area contributed by atoms with E-state index in [0.717, 1.165) is 13.0 Å². The van der Waals surface area contributed by atoms with Crippen molar-refractivity contribution in [3.05, 3.63) is 0 Å². The SMILES string of the molecule is CCC(C)CNC1CN(C(=O)OC(C)(C)C)C[C@@H]1OC. The summed E-state index contributed by atoms with van der Waals surface area (Å²) in [6, 6.07) is 0.182. The van der Waals surface area contributed by atoms with Gasteiger partial charge < -0.3 is 19.7 Å². The van der Waals surface area contributed by atoms with Crippen LogP contribution in [0.4, 0.5) is 4.79 Å². The molecule has 1 amide bonds. The third kappa shape index (κ3) is 5.29. The number of nitrogens with one attached hydrogen (secondary N) is 1. The Morgan fingerprint density at radius 2 is 2.05 bits per heavy atom. The van der Waals surface area contributed by atoms with Crippen molar-refractivity contribution in [2.45, 2.75) is 58.8 Å². The highest BCUT2D eigenvalue weighted by atomic mass is 16.6. The summed E-state index contributed by atoms with van der Waals surface area (Å²) in [4.78, 5) is 13.8. The summed E-state index contributed by atoms with van der Waals surface area (Å²) in [7, 11) is 1.70. The van der Waals surface area contributed by atoms with E-state index in [2.05, 4.69) is 19.2 Å². The molecule has 0 spiro atoms. The molecular formula is C15H30N2O3. The van der Waals surface area contributed by atoms with Crippen LogP contribution in [0.5, 0.6) is 0 Å². The van der Waals surface area contributed by atoms with Gasteiger partial charge in [0, 0.05) is 13.7 Å². The average molecular weight is 286 g/mol. The van der Waals surface area contributed by atoms with Crippen molar-refractivity contribution >= 4 is 6.09 Å². The molecule has 1 saturated heterocycles. The normalized spacial score (nSPS) is 24.8. The maximum atomic E-state index is 12.1. The van der Waals surface area contributed by atoms with Crippen molar-refractivity contribution in [3.8, 4) is 0 Å². The van der Waals surface area contributed by atoms with Crippen LogP contribution < -0.4 is 5.32 Å². The first-order chi connectivity index (χ1) is 9.26. The molecule has 0 aliphatic carbocycles. The molecule has 0 saturated carbocycles.